The van der Waals surface area contributed by atoms with Gasteiger partial charge in [0.25, 0.3) is 5.91 Å². The third-order valence-corrected chi connectivity index (χ3v) is 8.92. The molecular weight excluding hydrogens is 695 g/mol. The molecule has 0 radical (unpaired) electrons. The number of fused-ring (bicyclic) bond motifs is 1. The third-order valence-electron chi connectivity index (χ3n) is 8.92. The Morgan fingerprint density at radius 2 is 1.60 bits per heavy atom. The number of methoxy groups -OCH3 is 1. The number of halogens is 3. The van der Waals surface area contributed by atoms with E-state index in [1.807, 2.05) is 13.8 Å². The first-order valence-electron chi connectivity index (χ1n) is 17.4. The number of carbonyl (C=O) groups excluding carboxylic acids is 3. The van der Waals surface area contributed by atoms with Crippen LogP contribution in [0.15, 0.2) is 66.7 Å². The van der Waals surface area contributed by atoms with Gasteiger partial charge in [0.15, 0.2) is 0 Å². The van der Waals surface area contributed by atoms with E-state index in [4.69, 9.17) is 14.2 Å². The SMILES string of the molecule is COc1ccc(NC(=O)N(C)C[C@@H]2OCCCC[C@@H](C)Oc3ccc(NC(=O)Nc4ccc(C(F)(F)F)cc4)cc3C(=O)N([C@H](C)CO)C[C@@H]2C)cc1. The molecule has 1 aliphatic heterocycles. The van der Waals surface area contributed by atoms with Gasteiger partial charge < -0.3 is 45.1 Å². The van der Waals surface area contributed by atoms with E-state index in [1.54, 1.807) is 57.5 Å². The van der Waals surface area contributed by atoms with E-state index in [0.29, 0.717) is 30.2 Å². The van der Waals surface area contributed by atoms with Gasteiger partial charge in [-0.05, 0) is 99.8 Å². The quantitative estimate of drug-likeness (QED) is 0.190. The van der Waals surface area contributed by atoms with Crippen LogP contribution in [0, 0.1) is 5.92 Å². The van der Waals surface area contributed by atoms with Crippen molar-refractivity contribution in [2.24, 2.45) is 5.92 Å². The summed E-state index contributed by atoms with van der Waals surface area (Å²) in [6.07, 6.45) is -3.10. The van der Waals surface area contributed by atoms with Crippen LogP contribution in [0.25, 0.3) is 0 Å². The molecule has 1 heterocycles. The van der Waals surface area contributed by atoms with Crippen LogP contribution in [0.4, 0.5) is 39.8 Å². The predicted molar refractivity (Wildman–Crippen MR) is 196 cm³/mol. The van der Waals surface area contributed by atoms with Crippen LogP contribution >= 0.6 is 0 Å². The molecule has 0 fully saturated rings. The van der Waals surface area contributed by atoms with Gasteiger partial charge in [-0.25, -0.2) is 9.59 Å². The number of benzene rings is 3. The first-order valence-corrected chi connectivity index (χ1v) is 17.4. The standard InChI is InChI=1S/C38H48F3N5O7/c1-24-21-46(25(2)23-47)35(48)32-20-30(43-36(49)42-28-11-9-27(10-12-28)38(39,40)41)15-18-33(32)53-26(3)8-6-7-19-52-34(24)22-45(4)37(50)44-29-13-16-31(51-5)17-14-29/h9-18,20,24-26,34,47H,6-8,19,21-23H2,1-5H3,(H,44,50)(H2,42,43,49)/t24-,25+,26+,34-/m0/s1. The van der Waals surface area contributed by atoms with Gasteiger partial charge >= 0.3 is 18.2 Å². The van der Waals surface area contributed by atoms with E-state index in [-0.39, 0.29) is 54.7 Å². The van der Waals surface area contributed by atoms with Crippen LogP contribution in [0.1, 0.15) is 56.0 Å². The Bertz CT molecular complexity index is 1670. The summed E-state index contributed by atoms with van der Waals surface area (Å²) < 4.78 is 56.7. The van der Waals surface area contributed by atoms with E-state index in [2.05, 4.69) is 16.0 Å². The van der Waals surface area contributed by atoms with Crippen molar-refractivity contribution in [3.05, 3.63) is 77.9 Å². The Morgan fingerprint density at radius 3 is 2.25 bits per heavy atom. The molecule has 0 unspecified atom stereocenters. The average Bonchev–Trinajstić information content (AvgIpc) is 3.12. The van der Waals surface area contributed by atoms with E-state index >= 15 is 0 Å². The molecule has 4 atom stereocenters. The van der Waals surface area contributed by atoms with Gasteiger partial charge in [0.2, 0.25) is 0 Å². The number of aliphatic hydroxyl groups excluding tert-OH is 1. The second-order valence-corrected chi connectivity index (χ2v) is 13.2. The predicted octanol–water partition coefficient (Wildman–Crippen LogP) is 7.32. The molecule has 3 aromatic rings. The summed E-state index contributed by atoms with van der Waals surface area (Å²) in [4.78, 5) is 43.4. The van der Waals surface area contributed by atoms with Crippen LogP contribution in [0.2, 0.25) is 0 Å². The largest absolute Gasteiger partial charge is 0.497 e. The maximum absolute atomic E-state index is 14.4. The summed E-state index contributed by atoms with van der Waals surface area (Å²) in [6, 6.07) is 13.9. The fraction of sp³-hybridized carbons (Fsp3) is 0.447. The lowest BCUT2D eigenvalue weighted by molar-refractivity contribution is -0.137. The lowest BCUT2D eigenvalue weighted by Gasteiger charge is -2.35. The van der Waals surface area contributed by atoms with E-state index in [9.17, 15) is 32.7 Å². The molecule has 4 rings (SSSR count). The molecule has 0 saturated carbocycles. The topological polar surface area (TPSA) is 142 Å². The highest BCUT2D eigenvalue weighted by Gasteiger charge is 2.32. The molecule has 3 aromatic carbocycles. The lowest BCUT2D eigenvalue weighted by Crippen LogP contribution is -2.48. The summed E-state index contributed by atoms with van der Waals surface area (Å²) >= 11 is 0. The number of rotatable bonds is 8. The van der Waals surface area contributed by atoms with Crippen molar-refractivity contribution < 1.29 is 46.9 Å². The number of hydrogen-bond acceptors (Lipinski definition) is 7. The first kappa shape index (κ1) is 40.7. The number of likely N-dealkylation sites (N-methyl/N-ethyl adjacent to an activating group) is 1. The van der Waals surface area contributed by atoms with Gasteiger partial charge in [-0.3, -0.25) is 4.79 Å². The zero-order valence-electron chi connectivity index (χ0n) is 30.5. The summed E-state index contributed by atoms with van der Waals surface area (Å²) in [5.41, 5.74) is 0.256. The molecule has 0 aromatic heterocycles. The summed E-state index contributed by atoms with van der Waals surface area (Å²) in [7, 11) is 3.22. The molecule has 1 aliphatic rings. The van der Waals surface area contributed by atoms with Gasteiger partial charge in [0.05, 0.1) is 43.1 Å². The number of anilines is 3. The minimum atomic E-state index is -4.51. The Morgan fingerprint density at radius 1 is 0.981 bits per heavy atom. The summed E-state index contributed by atoms with van der Waals surface area (Å²) in [5.74, 6) is 0.187. The number of nitrogens with zero attached hydrogens (tertiary/aromatic N) is 2. The van der Waals surface area contributed by atoms with Crippen molar-refractivity contribution >= 4 is 35.0 Å². The molecule has 288 valence electrons. The zero-order valence-corrected chi connectivity index (χ0v) is 30.5. The molecule has 53 heavy (non-hydrogen) atoms. The average molecular weight is 744 g/mol. The highest BCUT2D eigenvalue weighted by Crippen LogP contribution is 2.31. The monoisotopic (exact) mass is 743 g/mol. The Labute approximate surface area is 307 Å². The molecule has 12 nitrogen and oxygen atoms in total. The number of ether oxygens (including phenoxy) is 3. The number of hydrogen-bond donors (Lipinski definition) is 4. The van der Waals surface area contributed by atoms with Gasteiger partial charge in [-0.2, -0.15) is 13.2 Å². The number of amides is 5. The maximum atomic E-state index is 14.4. The van der Waals surface area contributed by atoms with Gasteiger partial charge in [0.1, 0.15) is 11.5 Å². The van der Waals surface area contributed by atoms with Crippen LogP contribution in [0.5, 0.6) is 11.5 Å². The molecule has 0 aliphatic carbocycles. The first-order chi connectivity index (χ1) is 25.2. The van der Waals surface area contributed by atoms with E-state index in [0.717, 1.165) is 37.1 Å². The lowest BCUT2D eigenvalue weighted by atomic mass is 10.0. The number of nitrogens with one attached hydrogen (secondary N) is 3. The van der Waals surface area contributed by atoms with Crippen LogP contribution in [-0.2, 0) is 10.9 Å². The molecule has 5 amide bonds. The summed E-state index contributed by atoms with van der Waals surface area (Å²) in [5, 5.41) is 18.2. The second-order valence-electron chi connectivity index (χ2n) is 13.2. The third kappa shape index (κ3) is 11.7. The van der Waals surface area contributed by atoms with Gasteiger partial charge in [0, 0.05) is 49.7 Å². The Hall–Kier alpha value is -5.02. The molecule has 15 heteroatoms. The van der Waals surface area contributed by atoms with Crippen molar-refractivity contribution in [2.75, 3.05) is 56.4 Å². The highest BCUT2D eigenvalue weighted by atomic mass is 19.4. The fourth-order valence-corrected chi connectivity index (χ4v) is 5.74. The Balaban J connectivity index is 1.55. The molecule has 4 N–H and O–H groups in total. The Kier molecular flexibility index (Phi) is 14.3. The zero-order chi connectivity index (χ0) is 38.7. The van der Waals surface area contributed by atoms with Crippen molar-refractivity contribution in [3.8, 4) is 11.5 Å². The maximum Gasteiger partial charge on any atom is 0.416 e. The molecule has 0 saturated heterocycles. The minimum Gasteiger partial charge on any atom is -0.497 e. The van der Waals surface area contributed by atoms with Gasteiger partial charge in [-0.15, -0.1) is 0 Å². The van der Waals surface area contributed by atoms with Crippen molar-refractivity contribution in [2.45, 2.75) is 64.5 Å². The van der Waals surface area contributed by atoms with E-state index in [1.165, 1.54) is 15.9 Å². The smallest absolute Gasteiger partial charge is 0.416 e. The number of aliphatic hydroxyl groups is 1. The van der Waals surface area contributed by atoms with Gasteiger partial charge in [-0.1, -0.05) is 6.92 Å². The van der Waals surface area contributed by atoms with Crippen LogP contribution in [-0.4, -0.2) is 91.6 Å². The molecule has 0 spiro atoms. The van der Waals surface area contributed by atoms with Crippen molar-refractivity contribution in [1.82, 2.24) is 9.80 Å². The van der Waals surface area contributed by atoms with E-state index < -0.39 is 35.8 Å². The van der Waals surface area contributed by atoms with Crippen LogP contribution in [0.3, 0.4) is 0 Å². The number of carbonyl (C=O) groups is 3. The normalized spacial score (nSPS) is 19.2. The van der Waals surface area contributed by atoms with Crippen molar-refractivity contribution in [1.29, 1.82) is 0 Å². The fourth-order valence-electron chi connectivity index (χ4n) is 5.74. The highest BCUT2D eigenvalue weighted by molar-refractivity contribution is 6.02. The number of urea groups is 2. The second kappa shape index (κ2) is 18.6. The minimum absolute atomic E-state index is 0.139. The number of alkyl halides is 3. The molecule has 0 bridgehead atoms. The van der Waals surface area contributed by atoms with Crippen molar-refractivity contribution in [3.63, 3.8) is 0 Å². The molecular formula is C38H48F3N5O7. The summed E-state index contributed by atoms with van der Waals surface area (Å²) in [6.45, 7) is 5.98. The van der Waals surface area contributed by atoms with Crippen LogP contribution < -0.4 is 25.4 Å².